The lowest BCUT2D eigenvalue weighted by molar-refractivity contribution is -0.136. The smallest absolute Gasteiger partial charge is 0.228 e. The predicted octanol–water partition coefficient (Wildman–Crippen LogP) is 1.75. The van der Waals surface area contributed by atoms with Gasteiger partial charge in [-0.1, -0.05) is 6.42 Å². The molecule has 1 aromatic heterocycles. The number of ether oxygens (including phenoxy) is 1. The first-order valence-corrected chi connectivity index (χ1v) is 9.11. The molecule has 4 heterocycles. The Morgan fingerprint density at radius 2 is 2.04 bits per heavy atom. The largest absolute Gasteiger partial charge is 0.381 e. The highest BCUT2D eigenvalue weighted by atomic mass is 16.5. The molecule has 2 saturated heterocycles. The van der Waals surface area contributed by atoms with Crippen molar-refractivity contribution in [2.45, 2.75) is 57.4 Å². The van der Waals surface area contributed by atoms with E-state index in [2.05, 4.69) is 14.8 Å². The van der Waals surface area contributed by atoms with Crippen molar-refractivity contribution in [3.05, 3.63) is 11.6 Å². The molecule has 2 fully saturated rings. The summed E-state index contributed by atoms with van der Waals surface area (Å²) in [5.74, 6) is 2.95. The average molecular weight is 318 g/mol. The molecule has 0 saturated carbocycles. The second kappa shape index (κ2) is 6.59. The van der Waals surface area contributed by atoms with E-state index in [-0.39, 0.29) is 11.8 Å². The molecule has 0 aromatic carbocycles. The number of likely N-dealkylation sites (tertiary alicyclic amines) is 1. The summed E-state index contributed by atoms with van der Waals surface area (Å²) in [7, 11) is 0. The van der Waals surface area contributed by atoms with Gasteiger partial charge in [0.2, 0.25) is 5.91 Å². The second-order valence-electron chi connectivity index (χ2n) is 7.12. The monoisotopic (exact) mass is 318 g/mol. The zero-order valence-electron chi connectivity index (χ0n) is 13.7. The minimum absolute atomic E-state index is 0.0734. The van der Waals surface area contributed by atoms with Crippen molar-refractivity contribution in [3.63, 3.8) is 0 Å². The summed E-state index contributed by atoms with van der Waals surface area (Å²) in [4.78, 5) is 14.7. The molecular weight excluding hydrogens is 292 g/mol. The number of nitrogens with zero attached hydrogens (tertiary/aromatic N) is 4. The molecule has 6 heteroatoms. The number of fused-ring (bicyclic) bond motifs is 1. The number of amides is 1. The quantitative estimate of drug-likeness (QED) is 0.833. The minimum atomic E-state index is 0.0734. The highest BCUT2D eigenvalue weighted by Crippen LogP contribution is 2.29. The lowest BCUT2D eigenvalue weighted by atomic mass is 9.95. The van der Waals surface area contributed by atoms with Crippen LogP contribution in [-0.2, 0) is 22.5 Å². The summed E-state index contributed by atoms with van der Waals surface area (Å²) in [5.41, 5.74) is 0. The second-order valence-corrected chi connectivity index (χ2v) is 7.12. The van der Waals surface area contributed by atoms with Crippen LogP contribution in [0.1, 0.15) is 56.1 Å². The molecule has 23 heavy (non-hydrogen) atoms. The van der Waals surface area contributed by atoms with Gasteiger partial charge in [0, 0.05) is 38.6 Å². The zero-order valence-corrected chi connectivity index (χ0v) is 13.7. The maximum absolute atomic E-state index is 12.7. The molecule has 4 rings (SSSR count). The van der Waals surface area contributed by atoms with Crippen LogP contribution >= 0.6 is 0 Å². The van der Waals surface area contributed by atoms with Gasteiger partial charge in [-0.2, -0.15) is 0 Å². The standard InChI is InChI=1S/C17H26N4O2/c22-17(14-7-10-23-12-14)20-8-4-5-13(11-20)16-19-18-15-6-2-1-3-9-21(15)16/h13-14H,1-12H2. The van der Waals surface area contributed by atoms with Gasteiger partial charge < -0.3 is 14.2 Å². The van der Waals surface area contributed by atoms with Crippen LogP contribution in [0.4, 0.5) is 0 Å². The van der Waals surface area contributed by atoms with Crippen LogP contribution in [0.3, 0.4) is 0 Å². The molecular formula is C17H26N4O2. The number of rotatable bonds is 2. The van der Waals surface area contributed by atoms with Gasteiger partial charge >= 0.3 is 0 Å². The van der Waals surface area contributed by atoms with Crippen molar-refractivity contribution in [1.29, 1.82) is 0 Å². The normalized spacial score (nSPS) is 28.4. The van der Waals surface area contributed by atoms with Gasteiger partial charge in [-0.3, -0.25) is 4.79 Å². The Balaban J connectivity index is 1.49. The van der Waals surface area contributed by atoms with Crippen LogP contribution in [0.2, 0.25) is 0 Å². The Morgan fingerprint density at radius 1 is 1.09 bits per heavy atom. The fraction of sp³-hybridized carbons (Fsp3) is 0.824. The van der Waals surface area contributed by atoms with Crippen molar-refractivity contribution in [1.82, 2.24) is 19.7 Å². The molecule has 0 N–H and O–H groups in total. The van der Waals surface area contributed by atoms with E-state index < -0.39 is 0 Å². The van der Waals surface area contributed by atoms with E-state index in [1.807, 2.05) is 4.90 Å². The maximum Gasteiger partial charge on any atom is 0.228 e. The predicted molar refractivity (Wildman–Crippen MR) is 85.1 cm³/mol. The third kappa shape index (κ3) is 3.01. The fourth-order valence-electron chi connectivity index (χ4n) is 4.19. The lowest BCUT2D eigenvalue weighted by Gasteiger charge is -2.33. The maximum atomic E-state index is 12.7. The van der Waals surface area contributed by atoms with Gasteiger partial charge in [-0.05, 0) is 32.1 Å². The van der Waals surface area contributed by atoms with Crippen LogP contribution in [-0.4, -0.2) is 51.9 Å². The van der Waals surface area contributed by atoms with E-state index in [4.69, 9.17) is 4.74 Å². The Morgan fingerprint density at radius 3 is 2.91 bits per heavy atom. The van der Waals surface area contributed by atoms with Gasteiger partial charge in [0.25, 0.3) is 0 Å². The summed E-state index contributed by atoms with van der Waals surface area (Å²) in [6, 6.07) is 0. The van der Waals surface area contributed by atoms with E-state index in [9.17, 15) is 4.79 Å². The summed E-state index contributed by atoms with van der Waals surface area (Å²) in [6.07, 6.45) is 7.80. The molecule has 2 unspecified atom stereocenters. The Hall–Kier alpha value is -1.43. The van der Waals surface area contributed by atoms with Crippen LogP contribution in [0.25, 0.3) is 0 Å². The van der Waals surface area contributed by atoms with Gasteiger partial charge in [-0.25, -0.2) is 0 Å². The summed E-state index contributed by atoms with van der Waals surface area (Å²) in [5, 5.41) is 8.93. The van der Waals surface area contributed by atoms with Gasteiger partial charge in [-0.15, -0.1) is 10.2 Å². The number of carbonyl (C=O) groups is 1. The highest BCUT2D eigenvalue weighted by molar-refractivity contribution is 5.79. The van der Waals surface area contributed by atoms with Crippen molar-refractivity contribution >= 4 is 5.91 Å². The molecule has 3 aliphatic heterocycles. The van der Waals surface area contributed by atoms with Crippen molar-refractivity contribution in [2.75, 3.05) is 26.3 Å². The van der Waals surface area contributed by atoms with E-state index in [0.29, 0.717) is 12.5 Å². The van der Waals surface area contributed by atoms with E-state index in [0.717, 1.165) is 63.6 Å². The topological polar surface area (TPSA) is 60.2 Å². The number of piperidine rings is 1. The minimum Gasteiger partial charge on any atom is -0.381 e. The summed E-state index contributed by atoms with van der Waals surface area (Å²) < 4.78 is 7.72. The molecule has 0 radical (unpaired) electrons. The zero-order chi connectivity index (χ0) is 15.6. The summed E-state index contributed by atoms with van der Waals surface area (Å²) >= 11 is 0. The van der Waals surface area contributed by atoms with E-state index in [1.165, 1.54) is 19.3 Å². The Labute approximate surface area is 137 Å². The van der Waals surface area contributed by atoms with Crippen molar-refractivity contribution in [2.24, 2.45) is 5.92 Å². The molecule has 2 atom stereocenters. The van der Waals surface area contributed by atoms with E-state index in [1.54, 1.807) is 0 Å². The van der Waals surface area contributed by atoms with Crippen molar-refractivity contribution < 1.29 is 9.53 Å². The van der Waals surface area contributed by atoms with Gasteiger partial charge in [0.05, 0.1) is 12.5 Å². The number of aryl methyl sites for hydroxylation is 1. The fourth-order valence-corrected chi connectivity index (χ4v) is 4.19. The first kappa shape index (κ1) is 15.1. The first-order valence-electron chi connectivity index (χ1n) is 9.11. The highest BCUT2D eigenvalue weighted by Gasteiger charge is 2.33. The molecule has 6 nitrogen and oxygen atoms in total. The molecule has 126 valence electrons. The molecule has 0 aliphatic carbocycles. The van der Waals surface area contributed by atoms with Crippen LogP contribution in [0, 0.1) is 5.92 Å². The molecule has 1 amide bonds. The SMILES string of the molecule is O=C(C1CCOC1)N1CCCC(c2nnc3n2CCCCC3)C1. The summed E-state index contributed by atoms with van der Waals surface area (Å²) in [6.45, 7) is 4.05. The van der Waals surface area contributed by atoms with Crippen LogP contribution in [0.5, 0.6) is 0 Å². The van der Waals surface area contributed by atoms with Crippen LogP contribution < -0.4 is 0 Å². The van der Waals surface area contributed by atoms with Gasteiger partial charge in [0.1, 0.15) is 11.6 Å². The van der Waals surface area contributed by atoms with Gasteiger partial charge in [0.15, 0.2) is 0 Å². The third-order valence-electron chi connectivity index (χ3n) is 5.52. The Bertz CT molecular complexity index is 565. The first-order chi connectivity index (χ1) is 11.3. The van der Waals surface area contributed by atoms with E-state index >= 15 is 0 Å². The average Bonchev–Trinajstić information content (AvgIpc) is 3.20. The molecule has 3 aliphatic rings. The molecule has 0 bridgehead atoms. The lowest BCUT2D eigenvalue weighted by Crippen LogP contribution is -2.43. The van der Waals surface area contributed by atoms with Crippen LogP contribution in [0.15, 0.2) is 0 Å². The molecule has 1 aromatic rings. The number of hydrogen-bond donors (Lipinski definition) is 0. The number of aromatic nitrogens is 3. The molecule has 0 spiro atoms. The number of carbonyl (C=O) groups excluding carboxylic acids is 1. The number of hydrogen-bond acceptors (Lipinski definition) is 4. The Kier molecular flexibility index (Phi) is 4.33. The van der Waals surface area contributed by atoms with Crippen molar-refractivity contribution in [3.8, 4) is 0 Å². The third-order valence-corrected chi connectivity index (χ3v) is 5.52.